The number of aliphatic hydroxyl groups excluding tert-OH is 2. The molecule has 0 radical (unpaired) electrons. The lowest BCUT2D eigenvalue weighted by atomic mass is 9.98. The molecule has 446 valence electrons. The van der Waals surface area contributed by atoms with Gasteiger partial charge in [-0.25, -0.2) is 4.79 Å². The maximum Gasteiger partial charge on any atom is 0.335 e. The van der Waals surface area contributed by atoms with Crippen LogP contribution < -0.4 is 0 Å². The summed E-state index contributed by atoms with van der Waals surface area (Å²) in [5, 5.41) is 31.5. The van der Waals surface area contributed by atoms with Gasteiger partial charge in [0.25, 0.3) is 0 Å². The number of aliphatic hydroxyl groups is 2. The Labute approximate surface area is 478 Å². The molecule has 12 heteroatoms. The fraction of sp³-hybridized carbons (Fsp3) is 0.642. The van der Waals surface area contributed by atoms with Crippen molar-refractivity contribution in [3.8, 4) is 0 Å². The average molecular weight is 1100 g/mol. The van der Waals surface area contributed by atoms with E-state index in [0.29, 0.717) is 19.3 Å². The van der Waals surface area contributed by atoms with E-state index < -0.39 is 67.3 Å². The van der Waals surface area contributed by atoms with Gasteiger partial charge in [-0.2, -0.15) is 0 Å². The molecule has 6 atom stereocenters. The second-order valence-corrected chi connectivity index (χ2v) is 20.2. The Morgan fingerprint density at radius 1 is 0.443 bits per heavy atom. The Morgan fingerprint density at radius 3 is 1.28 bits per heavy atom. The van der Waals surface area contributed by atoms with E-state index in [1.54, 1.807) is 6.08 Å². The van der Waals surface area contributed by atoms with Gasteiger partial charge in [0.15, 0.2) is 24.6 Å². The fourth-order valence-electron chi connectivity index (χ4n) is 8.43. The van der Waals surface area contributed by atoms with Crippen LogP contribution >= 0.6 is 0 Å². The predicted molar refractivity (Wildman–Crippen MR) is 321 cm³/mol. The largest absolute Gasteiger partial charge is 0.479 e. The van der Waals surface area contributed by atoms with Crippen LogP contribution in [-0.4, -0.2) is 89.2 Å². The number of hydrogen-bond donors (Lipinski definition) is 3. The molecule has 0 aromatic rings. The van der Waals surface area contributed by atoms with E-state index in [-0.39, 0.29) is 25.9 Å². The number of carbonyl (C=O) groups is 4. The van der Waals surface area contributed by atoms with E-state index in [1.807, 2.05) is 18.2 Å². The normalized spacial score (nSPS) is 18.7. The van der Waals surface area contributed by atoms with Crippen molar-refractivity contribution in [1.82, 2.24) is 0 Å². The summed E-state index contributed by atoms with van der Waals surface area (Å²) in [6.07, 6.45) is 61.9. The summed E-state index contributed by atoms with van der Waals surface area (Å²) in [6.45, 7) is 5.64. The number of rotatable bonds is 50. The minimum absolute atomic E-state index is 0.0241. The van der Waals surface area contributed by atoms with Gasteiger partial charge >= 0.3 is 23.9 Å². The van der Waals surface area contributed by atoms with Gasteiger partial charge in [0.1, 0.15) is 18.8 Å². The first-order valence-electron chi connectivity index (χ1n) is 30.5. The number of allylic oxidation sites excluding steroid dienone is 19. The van der Waals surface area contributed by atoms with Crippen LogP contribution in [0.4, 0.5) is 0 Å². The summed E-state index contributed by atoms with van der Waals surface area (Å²) in [6, 6.07) is 0. The number of esters is 3. The number of carboxylic acid groups (broad SMARTS) is 1. The first-order chi connectivity index (χ1) is 38.6. The van der Waals surface area contributed by atoms with Gasteiger partial charge in [-0.15, -0.1) is 0 Å². The number of carboxylic acids is 1. The third-order valence-electron chi connectivity index (χ3n) is 13.0. The fourth-order valence-corrected chi connectivity index (χ4v) is 8.43. The number of unbranched alkanes of at least 4 members (excludes halogenated alkanes) is 17. The van der Waals surface area contributed by atoms with Gasteiger partial charge in [-0.3, -0.25) is 14.4 Å². The average Bonchev–Trinajstić information content (AvgIpc) is 3.46. The molecule has 0 saturated carbocycles. The summed E-state index contributed by atoms with van der Waals surface area (Å²) < 4.78 is 28.3. The standard InChI is InChI=1S/C67H106O12/c1-4-7-10-13-16-19-22-25-28-29-30-31-34-35-38-41-44-47-50-53-59(68)75-56-58(77-60(69)54-51-48-45-42-39-36-32-26-23-20-17-14-11-8-5-2)57-76-67-65(63(72)62(71)64(79-67)66(73)74)78-61(70)55-52-49-46-43-40-37-33-27-24-21-18-15-12-9-6-3/h8-9,11-12,16-21,25-28,32-33,39,42,48,51,58,62-65,67,71-72H,4-7,10,13-15,22-24,29-31,34-38,40-41,43-47,49-50,52-57H2,1-3H3,(H,73,74)/b11-8-,12-9-,19-16-,20-17-,21-18-,28-25-,32-26-,33-27-,42-39-,51-48-. The molecule has 1 saturated heterocycles. The highest BCUT2D eigenvalue weighted by Gasteiger charge is 2.50. The lowest BCUT2D eigenvalue weighted by Gasteiger charge is -2.40. The lowest BCUT2D eigenvalue weighted by molar-refractivity contribution is -0.301. The van der Waals surface area contributed by atoms with Crippen molar-refractivity contribution in [2.75, 3.05) is 13.2 Å². The second kappa shape index (κ2) is 53.7. The molecule has 0 aliphatic carbocycles. The van der Waals surface area contributed by atoms with E-state index >= 15 is 0 Å². The van der Waals surface area contributed by atoms with Crippen molar-refractivity contribution in [1.29, 1.82) is 0 Å². The van der Waals surface area contributed by atoms with E-state index in [9.17, 15) is 34.5 Å². The van der Waals surface area contributed by atoms with Crippen LogP contribution in [0.2, 0.25) is 0 Å². The predicted octanol–water partition coefficient (Wildman–Crippen LogP) is 16.0. The van der Waals surface area contributed by atoms with Crippen LogP contribution in [-0.2, 0) is 42.9 Å². The molecule has 6 unspecified atom stereocenters. The molecular weight excluding hydrogens is 997 g/mol. The summed E-state index contributed by atoms with van der Waals surface area (Å²) in [4.78, 5) is 51.1. The van der Waals surface area contributed by atoms with E-state index in [4.69, 9.17) is 23.7 Å². The van der Waals surface area contributed by atoms with Crippen molar-refractivity contribution < 1.29 is 58.2 Å². The molecule has 3 N–H and O–H groups in total. The summed E-state index contributed by atoms with van der Waals surface area (Å²) in [7, 11) is 0. The minimum Gasteiger partial charge on any atom is -0.479 e. The van der Waals surface area contributed by atoms with Gasteiger partial charge in [-0.05, 0) is 109 Å². The van der Waals surface area contributed by atoms with Crippen molar-refractivity contribution in [2.24, 2.45) is 0 Å². The van der Waals surface area contributed by atoms with E-state index in [0.717, 1.165) is 109 Å². The van der Waals surface area contributed by atoms with Gasteiger partial charge in [-0.1, -0.05) is 219 Å². The molecule has 0 amide bonds. The monoisotopic (exact) mass is 1100 g/mol. The molecule has 1 rings (SSSR count). The topological polar surface area (TPSA) is 175 Å². The number of carbonyl (C=O) groups excluding carboxylic acids is 3. The second-order valence-electron chi connectivity index (χ2n) is 20.2. The Kier molecular flexibility index (Phi) is 49.1. The summed E-state index contributed by atoms with van der Waals surface area (Å²) >= 11 is 0. The molecular formula is C67H106O12. The number of aliphatic carboxylic acids is 1. The van der Waals surface area contributed by atoms with Crippen molar-refractivity contribution in [3.05, 3.63) is 122 Å². The van der Waals surface area contributed by atoms with Crippen LogP contribution in [0.25, 0.3) is 0 Å². The Hall–Kier alpha value is -4.88. The smallest absolute Gasteiger partial charge is 0.335 e. The Bertz CT molecular complexity index is 1840. The molecule has 12 nitrogen and oxygen atoms in total. The molecule has 0 aromatic carbocycles. The highest BCUT2D eigenvalue weighted by atomic mass is 16.7. The Balaban J connectivity index is 2.74. The highest BCUT2D eigenvalue weighted by molar-refractivity contribution is 5.74. The molecule has 1 heterocycles. The van der Waals surface area contributed by atoms with Crippen LogP contribution in [0.5, 0.6) is 0 Å². The van der Waals surface area contributed by atoms with Gasteiger partial charge in [0, 0.05) is 12.8 Å². The van der Waals surface area contributed by atoms with E-state index in [1.165, 1.54) is 57.8 Å². The van der Waals surface area contributed by atoms with Crippen molar-refractivity contribution >= 4 is 23.9 Å². The minimum atomic E-state index is -1.93. The zero-order chi connectivity index (χ0) is 57.5. The van der Waals surface area contributed by atoms with Crippen LogP contribution in [0.1, 0.15) is 226 Å². The first-order valence-corrected chi connectivity index (χ1v) is 30.5. The summed E-state index contributed by atoms with van der Waals surface area (Å²) in [5.41, 5.74) is 0. The molecule has 1 fully saturated rings. The molecule has 0 bridgehead atoms. The van der Waals surface area contributed by atoms with Crippen LogP contribution in [0, 0.1) is 0 Å². The molecule has 0 spiro atoms. The van der Waals surface area contributed by atoms with Crippen LogP contribution in [0.15, 0.2) is 122 Å². The zero-order valence-electron chi connectivity index (χ0n) is 49.1. The van der Waals surface area contributed by atoms with E-state index in [2.05, 4.69) is 118 Å². The number of hydrogen-bond acceptors (Lipinski definition) is 11. The number of ether oxygens (including phenoxy) is 5. The Morgan fingerprint density at radius 2 is 0.835 bits per heavy atom. The van der Waals surface area contributed by atoms with Gasteiger partial charge in [0.2, 0.25) is 0 Å². The molecule has 79 heavy (non-hydrogen) atoms. The first kappa shape index (κ1) is 72.1. The van der Waals surface area contributed by atoms with Gasteiger partial charge < -0.3 is 39.0 Å². The van der Waals surface area contributed by atoms with Crippen LogP contribution in [0.3, 0.4) is 0 Å². The zero-order valence-corrected chi connectivity index (χ0v) is 49.1. The van der Waals surface area contributed by atoms with Crippen molar-refractivity contribution in [2.45, 2.75) is 263 Å². The lowest BCUT2D eigenvalue weighted by Crippen LogP contribution is -2.61. The molecule has 1 aliphatic rings. The molecule has 0 aromatic heterocycles. The summed E-state index contributed by atoms with van der Waals surface area (Å²) in [5.74, 6) is -3.33. The third kappa shape index (κ3) is 43.6. The van der Waals surface area contributed by atoms with Crippen molar-refractivity contribution in [3.63, 3.8) is 0 Å². The quantitative estimate of drug-likeness (QED) is 0.0228. The highest BCUT2D eigenvalue weighted by Crippen LogP contribution is 2.26. The maximum atomic E-state index is 13.1. The SMILES string of the molecule is CC/C=C\C/C=C\C/C=C\C/C=C\C/C=C\CC(=O)OC(COC(=O)CCCCCCCCCCC/C=C\C/C=C\CCCCC)COC1OC(C(=O)O)C(O)C(O)C1OC(=O)CCCCCCC/C=C\C/C=C\C/C=C\CC. The van der Waals surface area contributed by atoms with Gasteiger partial charge in [0.05, 0.1) is 13.0 Å². The molecule has 1 aliphatic heterocycles. The maximum absolute atomic E-state index is 13.1. The third-order valence-corrected chi connectivity index (χ3v) is 13.0.